The standard InChI is InChI=1S/C13H21NO/c1-3-5-8-14-10-11-6-7-13(15)12(4-2)9-11/h6-7,9,14-15H,3-5,8,10H2,1-2H3. The molecule has 0 bridgehead atoms. The largest absolute Gasteiger partial charge is 0.508 e. The van der Waals surface area contributed by atoms with Gasteiger partial charge in [0.25, 0.3) is 0 Å². The Balaban J connectivity index is 2.47. The second-order valence-electron chi connectivity index (χ2n) is 3.85. The molecule has 0 amide bonds. The van der Waals surface area contributed by atoms with Gasteiger partial charge in [0.1, 0.15) is 5.75 Å². The molecule has 0 atom stereocenters. The molecule has 0 unspecified atom stereocenters. The number of rotatable bonds is 6. The Bertz CT molecular complexity index is 297. The van der Waals surface area contributed by atoms with Crippen molar-refractivity contribution in [1.82, 2.24) is 5.32 Å². The maximum absolute atomic E-state index is 9.52. The molecule has 0 spiro atoms. The van der Waals surface area contributed by atoms with Crippen LogP contribution in [0, 0.1) is 0 Å². The van der Waals surface area contributed by atoms with Crippen LogP contribution in [0.3, 0.4) is 0 Å². The van der Waals surface area contributed by atoms with Gasteiger partial charge in [-0.3, -0.25) is 0 Å². The van der Waals surface area contributed by atoms with Crippen molar-refractivity contribution in [2.24, 2.45) is 0 Å². The van der Waals surface area contributed by atoms with E-state index in [1.807, 2.05) is 6.07 Å². The molecule has 0 fully saturated rings. The third kappa shape index (κ3) is 3.92. The lowest BCUT2D eigenvalue weighted by Gasteiger charge is -2.07. The van der Waals surface area contributed by atoms with Crippen LogP contribution in [0.5, 0.6) is 5.75 Å². The van der Waals surface area contributed by atoms with E-state index in [9.17, 15) is 5.11 Å². The molecule has 0 saturated carbocycles. The molecular formula is C13H21NO. The van der Waals surface area contributed by atoms with Crippen LogP contribution in [0.1, 0.15) is 37.8 Å². The monoisotopic (exact) mass is 207 g/mol. The Morgan fingerprint density at radius 2 is 2.07 bits per heavy atom. The van der Waals surface area contributed by atoms with Gasteiger partial charge in [-0.05, 0) is 36.6 Å². The molecule has 0 radical (unpaired) electrons. The Labute approximate surface area is 92.3 Å². The van der Waals surface area contributed by atoms with E-state index >= 15 is 0 Å². The van der Waals surface area contributed by atoms with Crippen molar-refractivity contribution in [2.75, 3.05) is 6.54 Å². The van der Waals surface area contributed by atoms with Crippen LogP contribution in [0.25, 0.3) is 0 Å². The predicted molar refractivity (Wildman–Crippen MR) is 64.1 cm³/mol. The van der Waals surface area contributed by atoms with Crippen molar-refractivity contribution in [1.29, 1.82) is 0 Å². The minimum atomic E-state index is 0.412. The normalized spacial score (nSPS) is 10.5. The second-order valence-corrected chi connectivity index (χ2v) is 3.85. The molecule has 2 N–H and O–H groups in total. The summed E-state index contributed by atoms with van der Waals surface area (Å²) in [7, 11) is 0. The highest BCUT2D eigenvalue weighted by Crippen LogP contribution is 2.18. The SMILES string of the molecule is CCCCNCc1ccc(O)c(CC)c1. The fraction of sp³-hybridized carbons (Fsp3) is 0.538. The van der Waals surface area contributed by atoms with E-state index < -0.39 is 0 Å². The number of hydrogen-bond acceptors (Lipinski definition) is 2. The topological polar surface area (TPSA) is 32.3 Å². The van der Waals surface area contributed by atoms with Crippen LogP contribution in [0.2, 0.25) is 0 Å². The van der Waals surface area contributed by atoms with Gasteiger partial charge in [0.15, 0.2) is 0 Å². The zero-order valence-electron chi connectivity index (χ0n) is 9.71. The fourth-order valence-electron chi connectivity index (χ4n) is 1.57. The summed E-state index contributed by atoms with van der Waals surface area (Å²) in [6, 6.07) is 5.84. The molecule has 0 heterocycles. The fourth-order valence-corrected chi connectivity index (χ4v) is 1.57. The third-order valence-corrected chi connectivity index (χ3v) is 2.56. The highest BCUT2D eigenvalue weighted by Gasteiger charge is 2.00. The van der Waals surface area contributed by atoms with Crippen molar-refractivity contribution in [2.45, 2.75) is 39.7 Å². The number of nitrogens with one attached hydrogen (secondary N) is 1. The number of hydrogen-bond donors (Lipinski definition) is 2. The van der Waals surface area contributed by atoms with E-state index in [2.05, 4.69) is 25.2 Å². The van der Waals surface area contributed by atoms with Crippen molar-refractivity contribution in [3.8, 4) is 5.75 Å². The number of unbranched alkanes of at least 4 members (excludes halogenated alkanes) is 1. The van der Waals surface area contributed by atoms with E-state index in [1.165, 1.54) is 18.4 Å². The van der Waals surface area contributed by atoms with Gasteiger partial charge in [0.2, 0.25) is 0 Å². The van der Waals surface area contributed by atoms with Gasteiger partial charge in [-0.15, -0.1) is 0 Å². The highest BCUT2D eigenvalue weighted by atomic mass is 16.3. The Kier molecular flexibility index (Phi) is 5.19. The summed E-state index contributed by atoms with van der Waals surface area (Å²) in [5, 5.41) is 12.9. The quantitative estimate of drug-likeness (QED) is 0.703. The van der Waals surface area contributed by atoms with Crippen LogP contribution in [-0.4, -0.2) is 11.7 Å². The zero-order valence-corrected chi connectivity index (χ0v) is 9.71. The number of benzene rings is 1. The average Bonchev–Trinajstić information content (AvgIpc) is 2.26. The molecule has 0 saturated heterocycles. The van der Waals surface area contributed by atoms with Gasteiger partial charge < -0.3 is 10.4 Å². The molecule has 0 aliphatic heterocycles. The minimum absolute atomic E-state index is 0.412. The number of aryl methyl sites for hydroxylation is 1. The molecule has 1 aromatic rings. The lowest BCUT2D eigenvalue weighted by Crippen LogP contribution is -2.14. The summed E-state index contributed by atoms with van der Waals surface area (Å²) in [6.07, 6.45) is 3.33. The first kappa shape index (κ1) is 12.1. The summed E-state index contributed by atoms with van der Waals surface area (Å²) in [4.78, 5) is 0. The third-order valence-electron chi connectivity index (χ3n) is 2.56. The van der Waals surface area contributed by atoms with Crippen molar-refractivity contribution in [3.05, 3.63) is 29.3 Å². The lowest BCUT2D eigenvalue weighted by molar-refractivity contribution is 0.468. The zero-order chi connectivity index (χ0) is 11.1. The summed E-state index contributed by atoms with van der Waals surface area (Å²) in [6.45, 7) is 6.22. The molecule has 0 aromatic heterocycles. The Morgan fingerprint density at radius 1 is 1.27 bits per heavy atom. The van der Waals surface area contributed by atoms with Gasteiger partial charge in [-0.25, -0.2) is 0 Å². The van der Waals surface area contributed by atoms with E-state index in [1.54, 1.807) is 6.07 Å². The average molecular weight is 207 g/mol. The molecule has 1 aromatic carbocycles. The number of aromatic hydroxyl groups is 1. The number of phenolic OH excluding ortho intramolecular Hbond substituents is 1. The first-order valence-electron chi connectivity index (χ1n) is 5.79. The number of phenols is 1. The van der Waals surface area contributed by atoms with Crippen molar-refractivity contribution < 1.29 is 5.11 Å². The predicted octanol–water partition coefficient (Wildman–Crippen LogP) is 2.84. The smallest absolute Gasteiger partial charge is 0.118 e. The van der Waals surface area contributed by atoms with Crippen LogP contribution in [-0.2, 0) is 13.0 Å². The minimum Gasteiger partial charge on any atom is -0.508 e. The molecule has 2 nitrogen and oxygen atoms in total. The lowest BCUT2D eigenvalue weighted by atomic mass is 10.1. The van der Waals surface area contributed by atoms with Gasteiger partial charge in [-0.1, -0.05) is 32.4 Å². The molecule has 84 valence electrons. The Morgan fingerprint density at radius 3 is 2.73 bits per heavy atom. The van der Waals surface area contributed by atoms with Crippen LogP contribution in [0.15, 0.2) is 18.2 Å². The van der Waals surface area contributed by atoms with Crippen molar-refractivity contribution >= 4 is 0 Å². The van der Waals surface area contributed by atoms with Crippen LogP contribution < -0.4 is 5.32 Å². The Hall–Kier alpha value is -1.02. The van der Waals surface area contributed by atoms with E-state index in [0.29, 0.717) is 5.75 Å². The van der Waals surface area contributed by atoms with E-state index in [-0.39, 0.29) is 0 Å². The van der Waals surface area contributed by atoms with Crippen LogP contribution >= 0.6 is 0 Å². The molecule has 15 heavy (non-hydrogen) atoms. The molecule has 0 aliphatic rings. The molecular weight excluding hydrogens is 186 g/mol. The summed E-state index contributed by atoms with van der Waals surface area (Å²) < 4.78 is 0. The summed E-state index contributed by atoms with van der Waals surface area (Å²) in [5.41, 5.74) is 2.28. The maximum Gasteiger partial charge on any atom is 0.118 e. The van der Waals surface area contributed by atoms with Crippen LogP contribution in [0.4, 0.5) is 0 Å². The highest BCUT2D eigenvalue weighted by molar-refractivity contribution is 5.36. The summed E-state index contributed by atoms with van der Waals surface area (Å²) in [5.74, 6) is 0.412. The van der Waals surface area contributed by atoms with Gasteiger partial charge >= 0.3 is 0 Å². The maximum atomic E-state index is 9.52. The van der Waals surface area contributed by atoms with Gasteiger partial charge in [-0.2, -0.15) is 0 Å². The van der Waals surface area contributed by atoms with Crippen molar-refractivity contribution in [3.63, 3.8) is 0 Å². The summed E-state index contributed by atoms with van der Waals surface area (Å²) >= 11 is 0. The van der Waals surface area contributed by atoms with E-state index in [4.69, 9.17) is 0 Å². The second kappa shape index (κ2) is 6.46. The molecule has 0 aliphatic carbocycles. The van der Waals surface area contributed by atoms with E-state index in [0.717, 1.165) is 25.1 Å². The van der Waals surface area contributed by atoms with Gasteiger partial charge in [0.05, 0.1) is 0 Å². The first-order valence-corrected chi connectivity index (χ1v) is 5.79. The molecule has 2 heteroatoms. The molecule has 1 rings (SSSR count). The first-order chi connectivity index (χ1) is 7.27. The van der Waals surface area contributed by atoms with Gasteiger partial charge in [0, 0.05) is 6.54 Å².